The third-order valence-corrected chi connectivity index (χ3v) is 7.83. The van der Waals surface area contributed by atoms with Crippen molar-refractivity contribution in [3.63, 3.8) is 0 Å². The first-order valence-corrected chi connectivity index (χ1v) is 7.30. The van der Waals surface area contributed by atoms with Gasteiger partial charge in [0, 0.05) is 0 Å². The molecule has 82 valence electrons. The molecule has 0 atom stereocenters. The first kappa shape index (κ1) is 13.5. The Morgan fingerprint density at radius 2 is 1.46 bits per heavy atom. The molecule has 5 N–H and O–H groups in total. The Bertz CT molecular complexity index is 212. The van der Waals surface area contributed by atoms with Crippen molar-refractivity contribution >= 4 is 15.5 Å². The molecule has 0 radical (unpaired) electrons. The van der Waals surface area contributed by atoms with Gasteiger partial charge in [0.2, 0.25) is 0 Å². The van der Waals surface area contributed by atoms with Crippen molar-refractivity contribution in [2.24, 2.45) is 0 Å². The zero-order chi connectivity index (χ0) is 10.9. The van der Waals surface area contributed by atoms with Gasteiger partial charge >= 0.3 is 76.2 Å². The van der Waals surface area contributed by atoms with E-state index in [2.05, 4.69) is 0 Å². The van der Waals surface area contributed by atoms with E-state index in [1.807, 2.05) is 0 Å². The molecule has 0 aliphatic carbocycles. The predicted molar refractivity (Wildman–Crippen MR) is 50.3 cm³/mol. The predicted octanol–water partition coefficient (Wildman–Crippen LogP) is 0.152. The van der Waals surface area contributed by atoms with E-state index >= 15 is 0 Å². The molecule has 0 fully saturated rings. The molecular weight excluding hydrogens is 218 g/mol. The molecule has 0 heterocycles. The van der Waals surface area contributed by atoms with Gasteiger partial charge in [0.05, 0.1) is 0 Å². The van der Waals surface area contributed by atoms with Gasteiger partial charge in [0.25, 0.3) is 0 Å². The normalized spacial score (nSPS) is 15.9. The monoisotopic (exact) mass is 234 g/mol. The van der Waals surface area contributed by atoms with Crippen molar-refractivity contribution in [1.82, 2.24) is 0 Å². The van der Waals surface area contributed by atoms with Crippen LogP contribution in [0.1, 0.15) is 26.7 Å². The van der Waals surface area contributed by atoms with Crippen molar-refractivity contribution in [3.8, 4) is 0 Å². The van der Waals surface area contributed by atoms with Gasteiger partial charge in [-0.1, -0.05) is 0 Å². The third-order valence-electron chi connectivity index (χ3n) is 2.35. The van der Waals surface area contributed by atoms with Crippen LogP contribution in [0.15, 0.2) is 0 Å². The Morgan fingerprint density at radius 1 is 1.15 bits per heavy atom. The van der Waals surface area contributed by atoms with E-state index < -0.39 is 20.4 Å². The molecule has 6 nitrogen and oxygen atoms in total. The van der Waals surface area contributed by atoms with Gasteiger partial charge < -0.3 is 0 Å². The SMILES string of the molecule is CCC(CC)(P(=O)(O)O)[PH](O)(O)O. The Labute approximate surface area is 77.0 Å². The number of hydrogen-bond donors (Lipinski definition) is 5. The quantitative estimate of drug-likeness (QED) is 0.442. The van der Waals surface area contributed by atoms with Crippen molar-refractivity contribution in [2.45, 2.75) is 31.6 Å². The van der Waals surface area contributed by atoms with E-state index in [0.29, 0.717) is 0 Å². The van der Waals surface area contributed by atoms with Gasteiger partial charge in [-0.05, 0) is 0 Å². The van der Waals surface area contributed by atoms with Crippen LogP contribution in [0.2, 0.25) is 0 Å². The molecule has 0 saturated heterocycles. The summed E-state index contributed by atoms with van der Waals surface area (Å²) in [7, 11) is -9.55. The van der Waals surface area contributed by atoms with Crippen LogP contribution in [0.3, 0.4) is 0 Å². The summed E-state index contributed by atoms with van der Waals surface area (Å²) >= 11 is 0. The van der Waals surface area contributed by atoms with E-state index in [1.54, 1.807) is 0 Å². The van der Waals surface area contributed by atoms with Crippen molar-refractivity contribution < 1.29 is 29.0 Å². The summed E-state index contributed by atoms with van der Waals surface area (Å²) in [6, 6.07) is 0. The topological polar surface area (TPSA) is 118 Å². The minimum atomic E-state index is -4.84. The molecule has 0 aliphatic rings. The van der Waals surface area contributed by atoms with Crippen LogP contribution in [0.5, 0.6) is 0 Å². The van der Waals surface area contributed by atoms with Crippen molar-refractivity contribution in [3.05, 3.63) is 0 Å². The average Bonchev–Trinajstić information content (AvgIpc) is 1.84. The molecule has 0 aromatic carbocycles. The van der Waals surface area contributed by atoms with Crippen molar-refractivity contribution in [2.75, 3.05) is 0 Å². The molecule has 0 spiro atoms. The Kier molecular flexibility index (Phi) is 4.05. The molecule has 13 heavy (non-hydrogen) atoms. The van der Waals surface area contributed by atoms with E-state index in [0.717, 1.165) is 0 Å². The van der Waals surface area contributed by atoms with Crippen LogP contribution in [-0.2, 0) is 4.57 Å². The minimum absolute atomic E-state index is 0.177. The summed E-state index contributed by atoms with van der Waals surface area (Å²) in [5.74, 6) is 0. The molecule has 8 heteroatoms. The first-order chi connectivity index (χ1) is 5.62. The fourth-order valence-electron chi connectivity index (χ4n) is 1.33. The Balaban J connectivity index is 5.31. The van der Waals surface area contributed by atoms with Crippen LogP contribution in [0, 0.1) is 0 Å². The second-order valence-electron chi connectivity index (χ2n) is 2.92. The summed E-state index contributed by atoms with van der Waals surface area (Å²) in [6.45, 7) is 2.79. The van der Waals surface area contributed by atoms with E-state index in [1.165, 1.54) is 13.8 Å². The van der Waals surface area contributed by atoms with Crippen LogP contribution in [0.25, 0.3) is 0 Å². The standard InChI is InChI=1S/C5H16O6P2/c1-3-5(4-2,12(6,7)8)13(9,10)11/h6-8,12H,3-4H2,1-2H3,(H2,9,10,11). The average molecular weight is 234 g/mol. The first-order valence-electron chi connectivity index (χ1n) is 3.85. The molecule has 0 aromatic rings. The van der Waals surface area contributed by atoms with Gasteiger partial charge in [-0.3, -0.25) is 0 Å². The second-order valence-corrected chi connectivity index (χ2v) is 7.51. The fraction of sp³-hybridized carbons (Fsp3) is 1.00. The molecule has 0 aliphatic heterocycles. The molecular formula is C5H16O6P2. The molecule has 0 amide bonds. The molecule has 0 aromatic heterocycles. The third kappa shape index (κ3) is 2.28. The Hall–Kier alpha value is 0.460. The fourth-order valence-corrected chi connectivity index (χ4v) is 4.67. The van der Waals surface area contributed by atoms with E-state index in [4.69, 9.17) is 24.5 Å². The maximum atomic E-state index is 11.0. The second kappa shape index (κ2) is 3.91. The molecule has 0 saturated carbocycles. The summed E-state index contributed by atoms with van der Waals surface area (Å²) in [4.78, 5) is 42.9. The summed E-state index contributed by atoms with van der Waals surface area (Å²) in [6.07, 6.45) is -0.354. The number of rotatable bonds is 4. The van der Waals surface area contributed by atoms with Crippen LogP contribution >= 0.6 is 15.5 Å². The molecule has 0 rings (SSSR count). The maximum absolute atomic E-state index is 11.0. The summed E-state index contributed by atoms with van der Waals surface area (Å²) in [5.41, 5.74) is 0. The van der Waals surface area contributed by atoms with Gasteiger partial charge in [0.1, 0.15) is 0 Å². The van der Waals surface area contributed by atoms with E-state index in [9.17, 15) is 4.57 Å². The van der Waals surface area contributed by atoms with Gasteiger partial charge in [0.15, 0.2) is 0 Å². The van der Waals surface area contributed by atoms with E-state index in [-0.39, 0.29) is 12.8 Å². The van der Waals surface area contributed by atoms with Crippen LogP contribution in [0.4, 0.5) is 0 Å². The summed E-state index contributed by atoms with van der Waals surface area (Å²) in [5, 5.41) is 0. The van der Waals surface area contributed by atoms with Gasteiger partial charge in [-0.15, -0.1) is 0 Å². The van der Waals surface area contributed by atoms with Gasteiger partial charge in [-0.2, -0.15) is 0 Å². The summed E-state index contributed by atoms with van der Waals surface area (Å²) < 4.78 is 11.0. The van der Waals surface area contributed by atoms with Crippen LogP contribution in [-0.4, -0.2) is 29.4 Å². The van der Waals surface area contributed by atoms with Crippen molar-refractivity contribution in [1.29, 1.82) is 0 Å². The zero-order valence-corrected chi connectivity index (χ0v) is 9.40. The van der Waals surface area contributed by atoms with Gasteiger partial charge in [-0.25, -0.2) is 0 Å². The van der Waals surface area contributed by atoms with Crippen LogP contribution < -0.4 is 0 Å². The Morgan fingerprint density at radius 3 is 1.46 bits per heavy atom. The zero-order valence-electron chi connectivity index (χ0n) is 7.51. The number of hydrogen-bond acceptors (Lipinski definition) is 4. The molecule has 0 unspecified atom stereocenters. The molecule has 0 bridgehead atoms.